The lowest BCUT2D eigenvalue weighted by Crippen LogP contribution is -2.43. The second-order valence-electron chi connectivity index (χ2n) is 5.88. The van der Waals surface area contributed by atoms with E-state index in [-0.39, 0.29) is 25.4 Å². The first-order valence-corrected chi connectivity index (χ1v) is 7.66. The van der Waals surface area contributed by atoms with E-state index in [1.807, 2.05) is 0 Å². The van der Waals surface area contributed by atoms with Crippen molar-refractivity contribution in [1.29, 1.82) is 0 Å². The third-order valence-electron chi connectivity index (χ3n) is 4.17. The van der Waals surface area contributed by atoms with Crippen molar-refractivity contribution < 1.29 is 19.8 Å². The fourth-order valence-corrected chi connectivity index (χ4v) is 3.05. The zero-order valence-corrected chi connectivity index (χ0v) is 12.3. The summed E-state index contributed by atoms with van der Waals surface area (Å²) in [5.74, 6) is -1.15. The average Bonchev–Trinajstić information content (AvgIpc) is 2.81. The molecule has 2 aliphatic rings. The molecule has 1 amide bonds. The molecule has 0 spiro atoms. The van der Waals surface area contributed by atoms with Gasteiger partial charge in [-0.3, -0.25) is 14.5 Å². The van der Waals surface area contributed by atoms with Gasteiger partial charge in [0.25, 0.3) is 0 Å². The molecule has 1 aliphatic carbocycles. The molecule has 118 valence electrons. The highest BCUT2D eigenvalue weighted by Crippen LogP contribution is 2.19. The van der Waals surface area contributed by atoms with Crippen LogP contribution in [0.3, 0.4) is 0 Å². The molecule has 0 aromatic heterocycles. The van der Waals surface area contributed by atoms with Crippen molar-refractivity contribution in [1.82, 2.24) is 10.2 Å². The fourth-order valence-electron chi connectivity index (χ4n) is 3.05. The van der Waals surface area contributed by atoms with Crippen molar-refractivity contribution in [3.63, 3.8) is 0 Å². The molecule has 6 heteroatoms. The summed E-state index contributed by atoms with van der Waals surface area (Å²) in [5, 5.41) is 21.4. The number of carbonyl (C=O) groups is 2. The van der Waals surface area contributed by atoms with E-state index >= 15 is 0 Å². The van der Waals surface area contributed by atoms with E-state index in [9.17, 15) is 14.7 Å². The Morgan fingerprint density at radius 2 is 2.19 bits per heavy atom. The summed E-state index contributed by atoms with van der Waals surface area (Å²) in [6.07, 6.45) is 7.39. The van der Waals surface area contributed by atoms with Gasteiger partial charge in [0.05, 0.1) is 12.6 Å². The Labute approximate surface area is 124 Å². The smallest absolute Gasteiger partial charge is 0.321 e. The molecule has 1 heterocycles. The maximum atomic E-state index is 11.9. The van der Waals surface area contributed by atoms with Crippen LogP contribution in [0.2, 0.25) is 0 Å². The quantitative estimate of drug-likeness (QED) is 0.622. The Morgan fingerprint density at radius 3 is 2.86 bits per heavy atom. The van der Waals surface area contributed by atoms with Gasteiger partial charge in [-0.1, -0.05) is 11.6 Å². The van der Waals surface area contributed by atoms with Crippen LogP contribution < -0.4 is 5.32 Å². The molecule has 2 atom stereocenters. The summed E-state index contributed by atoms with van der Waals surface area (Å²) in [5.41, 5.74) is 1.40. The second-order valence-corrected chi connectivity index (χ2v) is 5.88. The largest absolute Gasteiger partial charge is 0.480 e. The molecule has 21 heavy (non-hydrogen) atoms. The van der Waals surface area contributed by atoms with Gasteiger partial charge in [0.1, 0.15) is 6.04 Å². The third-order valence-corrected chi connectivity index (χ3v) is 4.17. The number of allylic oxidation sites excluding steroid dienone is 1. The number of β-amino-alcohol motifs (C(OH)–C–C–N with tert-alkyl or cyclic N) is 1. The van der Waals surface area contributed by atoms with Crippen molar-refractivity contribution >= 4 is 11.9 Å². The zero-order valence-electron chi connectivity index (χ0n) is 12.3. The van der Waals surface area contributed by atoms with Gasteiger partial charge in [-0.05, 0) is 32.1 Å². The van der Waals surface area contributed by atoms with Crippen LogP contribution in [0.15, 0.2) is 11.6 Å². The summed E-state index contributed by atoms with van der Waals surface area (Å²) < 4.78 is 0. The number of nitrogens with zero attached hydrogens (tertiary/aromatic N) is 1. The van der Waals surface area contributed by atoms with E-state index in [1.165, 1.54) is 23.3 Å². The zero-order chi connectivity index (χ0) is 15.2. The number of aliphatic carboxylic acids is 1. The fraction of sp³-hybridized carbons (Fsp3) is 0.733. The molecule has 1 aliphatic heterocycles. The van der Waals surface area contributed by atoms with Crippen molar-refractivity contribution in [2.24, 2.45) is 0 Å². The predicted molar refractivity (Wildman–Crippen MR) is 77.8 cm³/mol. The minimum Gasteiger partial charge on any atom is -0.480 e. The van der Waals surface area contributed by atoms with Gasteiger partial charge in [0.15, 0.2) is 0 Å². The molecular weight excluding hydrogens is 272 g/mol. The first-order valence-electron chi connectivity index (χ1n) is 7.66. The highest BCUT2D eigenvalue weighted by atomic mass is 16.4. The summed E-state index contributed by atoms with van der Waals surface area (Å²) in [6.45, 7) is 0.876. The number of carbonyl (C=O) groups excluding carboxylic acids is 1. The summed E-state index contributed by atoms with van der Waals surface area (Å²) in [7, 11) is 0. The normalized spacial score (nSPS) is 26.4. The second kappa shape index (κ2) is 7.56. The number of nitrogens with one attached hydrogen (secondary N) is 1. The van der Waals surface area contributed by atoms with Crippen molar-refractivity contribution in [2.45, 2.75) is 50.7 Å². The van der Waals surface area contributed by atoms with Gasteiger partial charge in [-0.15, -0.1) is 0 Å². The number of carboxylic acids is 1. The van der Waals surface area contributed by atoms with Crippen molar-refractivity contribution in [3.05, 3.63) is 11.6 Å². The van der Waals surface area contributed by atoms with Crippen LogP contribution >= 0.6 is 0 Å². The number of hydrogen-bond donors (Lipinski definition) is 3. The summed E-state index contributed by atoms with van der Waals surface area (Å²) in [4.78, 5) is 24.5. The van der Waals surface area contributed by atoms with Gasteiger partial charge in [0, 0.05) is 19.5 Å². The van der Waals surface area contributed by atoms with E-state index in [2.05, 4.69) is 11.4 Å². The van der Waals surface area contributed by atoms with E-state index in [4.69, 9.17) is 5.11 Å². The number of rotatable bonds is 6. The van der Waals surface area contributed by atoms with Crippen LogP contribution in [0.1, 0.15) is 38.5 Å². The number of carboxylic acid groups (broad SMARTS) is 1. The number of hydrogen-bond acceptors (Lipinski definition) is 4. The molecule has 0 aromatic carbocycles. The van der Waals surface area contributed by atoms with Crippen LogP contribution in [0.25, 0.3) is 0 Å². The molecule has 0 aromatic rings. The number of aliphatic hydroxyl groups is 1. The van der Waals surface area contributed by atoms with Crippen molar-refractivity contribution in [2.75, 3.05) is 19.6 Å². The van der Waals surface area contributed by atoms with Crippen LogP contribution in [0.4, 0.5) is 0 Å². The molecule has 2 rings (SSSR count). The van der Waals surface area contributed by atoms with E-state index < -0.39 is 18.1 Å². The molecule has 6 nitrogen and oxygen atoms in total. The molecule has 1 saturated heterocycles. The van der Waals surface area contributed by atoms with Crippen LogP contribution in [0, 0.1) is 0 Å². The Bertz CT molecular complexity index is 422. The average molecular weight is 296 g/mol. The minimum absolute atomic E-state index is 0.0348. The molecule has 0 saturated carbocycles. The van der Waals surface area contributed by atoms with Crippen LogP contribution in [-0.2, 0) is 9.59 Å². The SMILES string of the molecule is O=C(CN1CC(O)CC1C(=O)O)NCCC1=CCCCC1. The van der Waals surface area contributed by atoms with Gasteiger partial charge in [-0.2, -0.15) is 0 Å². The number of aliphatic hydroxyl groups excluding tert-OH is 1. The van der Waals surface area contributed by atoms with E-state index in [0.29, 0.717) is 6.54 Å². The Balaban J connectivity index is 1.71. The highest BCUT2D eigenvalue weighted by Gasteiger charge is 2.36. The van der Waals surface area contributed by atoms with E-state index in [1.54, 1.807) is 0 Å². The summed E-state index contributed by atoms with van der Waals surface area (Å²) >= 11 is 0. The van der Waals surface area contributed by atoms with Gasteiger partial charge >= 0.3 is 5.97 Å². The Kier molecular flexibility index (Phi) is 5.76. The maximum absolute atomic E-state index is 11.9. The Hall–Kier alpha value is -1.40. The molecule has 3 N–H and O–H groups in total. The lowest BCUT2D eigenvalue weighted by atomic mass is 9.97. The van der Waals surface area contributed by atoms with Crippen molar-refractivity contribution in [3.8, 4) is 0 Å². The molecule has 0 radical (unpaired) electrons. The molecule has 1 fully saturated rings. The Morgan fingerprint density at radius 1 is 1.38 bits per heavy atom. The third kappa shape index (κ3) is 4.82. The number of likely N-dealkylation sites (tertiary alicyclic amines) is 1. The highest BCUT2D eigenvalue weighted by molar-refractivity contribution is 5.80. The predicted octanol–water partition coefficient (Wildman–Crippen LogP) is 0.513. The lowest BCUT2D eigenvalue weighted by molar-refractivity contribution is -0.142. The monoisotopic (exact) mass is 296 g/mol. The molecule has 0 bridgehead atoms. The molecule has 2 unspecified atom stereocenters. The van der Waals surface area contributed by atoms with E-state index in [0.717, 1.165) is 19.3 Å². The van der Waals surface area contributed by atoms with Gasteiger partial charge < -0.3 is 15.5 Å². The standard InChI is InChI=1S/C15H24N2O4/c18-12-8-13(15(20)21)17(9-12)10-14(19)16-7-6-11-4-2-1-3-5-11/h4,12-13,18H,1-3,5-10H2,(H,16,19)(H,20,21). The summed E-state index contributed by atoms with van der Waals surface area (Å²) in [6, 6.07) is -0.758. The van der Waals surface area contributed by atoms with Crippen LogP contribution in [-0.4, -0.2) is 58.8 Å². The first-order chi connectivity index (χ1) is 10.1. The first kappa shape index (κ1) is 16.0. The number of amides is 1. The lowest BCUT2D eigenvalue weighted by Gasteiger charge is -2.20. The van der Waals surface area contributed by atoms with Crippen LogP contribution in [0.5, 0.6) is 0 Å². The maximum Gasteiger partial charge on any atom is 0.321 e. The van der Waals surface area contributed by atoms with Gasteiger partial charge in [-0.25, -0.2) is 0 Å². The molecular formula is C15H24N2O4. The minimum atomic E-state index is -0.980. The topological polar surface area (TPSA) is 89.9 Å². The van der Waals surface area contributed by atoms with Gasteiger partial charge in [0.2, 0.25) is 5.91 Å².